The van der Waals surface area contributed by atoms with E-state index < -0.39 is 0 Å². The van der Waals surface area contributed by atoms with Crippen molar-refractivity contribution in [3.8, 4) is 0 Å². The summed E-state index contributed by atoms with van der Waals surface area (Å²) >= 11 is 3.44. The van der Waals surface area contributed by atoms with Crippen molar-refractivity contribution in [3.63, 3.8) is 0 Å². The first-order chi connectivity index (χ1) is 15.0. The van der Waals surface area contributed by atoms with Crippen molar-refractivity contribution in [1.82, 2.24) is 14.7 Å². The van der Waals surface area contributed by atoms with Crippen molar-refractivity contribution in [3.05, 3.63) is 58.5 Å². The van der Waals surface area contributed by atoms with Gasteiger partial charge in [-0.2, -0.15) is 0 Å². The third-order valence-electron chi connectivity index (χ3n) is 6.52. The van der Waals surface area contributed by atoms with E-state index in [1.54, 1.807) is 11.2 Å². The summed E-state index contributed by atoms with van der Waals surface area (Å²) in [5.41, 5.74) is 0.699. The predicted octanol–water partition coefficient (Wildman–Crippen LogP) is 4.02. The maximum absolute atomic E-state index is 13.5. The summed E-state index contributed by atoms with van der Waals surface area (Å²) in [7, 11) is 1.86. The molecule has 2 aliphatic rings. The molecule has 1 aromatic carbocycles. The number of hydrogen-bond acceptors (Lipinski definition) is 4. The van der Waals surface area contributed by atoms with Crippen LogP contribution in [0.2, 0.25) is 0 Å². The molecule has 1 saturated carbocycles. The number of carbonyl (C=O) groups is 2. The van der Waals surface area contributed by atoms with E-state index in [4.69, 9.17) is 4.42 Å². The van der Waals surface area contributed by atoms with E-state index in [0.717, 1.165) is 36.2 Å². The first-order valence-electron chi connectivity index (χ1n) is 11.1. The van der Waals surface area contributed by atoms with Crippen LogP contribution in [0.5, 0.6) is 0 Å². The number of amides is 2. The van der Waals surface area contributed by atoms with Crippen LogP contribution in [0.3, 0.4) is 0 Å². The molecular formula is C24H30BrN3O3. The van der Waals surface area contributed by atoms with Gasteiger partial charge in [0.2, 0.25) is 5.91 Å². The van der Waals surface area contributed by atoms with Crippen molar-refractivity contribution in [2.45, 2.75) is 38.3 Å². The van der Waals surface area contributed by atoms with Crippen molar-refractivity contribution in [2.24, 2.45) is 5.92 Å². The van der Waals surface area contributed by atoms with Gasteiger partial charge in [-0.1, -0.05) is 34.8 Å². The second kappa shape index (κ2) is 10.0. The van der Waals surface area contributed by atoms with E-state index in [1.807, 2.05) is 48.3 Å². The summed E-state index contributed by atoms with van der Waals surface area (Å²) in [6, 6.07) is 11.2. The Bertz CT molecular complexity index is 887. The Hall–Kier alpha value is -2.12. The number of halogens is 1. The van der Waals surface area contributed by atoms with Crippen LogP contribution in [0.25, 0.3) is 0 Å². The summed E-state index contributed by atoms with van der Waals surface area (Å²) in [5, 5.41) is 0. The van der Waals surface area contributed by atoms with Crippen LogP contribution >= 0.6 is 15.9 Å². The van der Waals surface area contributed by atoms with E-state index in [9.17, 15) is 9.59 Å². The van der Waals surface area contributed by atoms with Crippen molar-refractivity contribution in [1.29, 1.82) is 0 Å². The summed E-state index contributed by atoms with van der Waals surface area (Å²) < 4.78 is 6.35. The summed E-state index contributed by atoms with van der Waals surface area (Å²) in [4.78, 5) is 32.4. The van der Waals surface area contributed by atoms with Gasteiger partial charge in [0.05, 0.1) is 18.8 Å². The molecule has 1 saturated heterocycles. The van der Waals surface area contributed by atoms with Crippen molar-refractivity contribution in [2.75, 3.05) is 33.2 Å². The van der Waals surface area contributed by atoms with Crippen LogP contribution in [-0.4, -0.2) is 65.8 Å². The average molecular weight is 488 g/mol. The van der Waals surface area contributed by atoms with Crippen LogP contribution in [0.4, 0.5) is 0 Å². The van der Waals surface area contributed by atoms with Gasteiger partial charge < -0.3 is 14.2 Å². The zero-order chi connectivity index (χ0) is 21.8. The molecule has 2 aromatic rings. The lowest BCUT2D eigenvalue weighted by atomic mass is 9.94. The zero-order valence-electron chi connectivity index (χ0n) is 18.0. The molecule has 6 nitrogen and oxygen atoms in total. The molecule has 2 amide bonds. The molecule has 2 fully saturated rings. The van der Waals surface area contributed by atoms with Crippen LogP contribution in [-0.2, 0) is 11.3 Å². The normalized spacial score (nSPS) is 18.8. The van der Waals surface area contributed by atoms with Gasteiger partial charge in [-0.15, -0.1) is 0 Å². The molecule has 0 bridgehead atoms. The maximum Gasteiger partial charge on any atom is 0.253 e. The monoisotopic (exact) mass is 487 g/mol. The fraction of sp³-hybridized carbons (Fsp3) is 0.500. The number of nitrogens with zero attached hydrogens (tertiary/aromatic N) is 3. The number of piperazine rings is 1. The molecule has 4 rings (SSSR count). The molecule has 1 atom stereocenters. The second-order valence-electron chi connectivity index (χ2n) is 8.60. The lowest BCUT2D eigenvalue weighted by Crippen LogP contribution is -2.58. The first-order valence-corrected chi connectivity index (χ1v) is 11.9. The quantitative estimate of drug-likeness (QED) is 0.617. The van der Waals surface area contributed by atoms with E-state index >= 15 is 0 Å². The summed E-state index contributed by atoms with van der Waals surface area (Å²) in [5.74, 6) is 1.40. The summed E-state index contributed by atoms with van der Waals surface area (Å²) in [6.45, 7) is 3.21. The highest BCUT2D eigenvalue weighted by Gasteiger charge is 2.38. The van der Waals surface area contributed by atoms with Gasteiger partial charge >= 0.3 is 0 Å². The van der Waals surface area contributed by atoms with Gasteiger partial charge in [0.25, 0.3) is 5.91 Å². The average Bonchev–Trinajstić information content (AvgIpc) is 3.48. The Labute approximate surface area is 192 Å². The second-order valence-corrected chi connectivity index (χ2v) is 9.52. The van der Waals surface area contributed by atoms with Gasteiger partial charge in [0.1, 0.15) is 5.76 Å². The zero-order valence-corrected chi connectivity index (χ0v) is 19.6. The molecule has 7 heteroatoms. The third kappa shape index (κ3) is 5.21. The Morgan fingerprint density at radius 3 is 2.52 bits per heavy atom. The standard InChI is InChI=1S/C24H30BrN3O3/c1-26(17-21-10-5-15-31-21)24(30)22(18-6-2-3-7-18)27-11-13-28(14-12-27)23(29)19-8-4-9-20(25)16-19/h4-5,8-10,15-16,18,22H,2-3,6-7,11-14,17H2,1H3/t22-/m0/s1. The lowest BCUT2D eigenvalue weighted by molar-refractivity contribution is -0.139. The van der Waals surface area contributed by atoms with Crippen LogP contribution < -0.4 is 0 Å². The van der Waals surface area contributed by atoms with Gasteiger partial charge in [0.15, 0.2) is 0 Å². The van der Waals surface area contributed by atoms with E-state index in [0.29, 0.717) is 31.1 Å². The predicted molar refractivity (Wildman–Crippen MR) is 123 cm³/mol. The van der Waals surface area contributed by atoms with Gasteiger partial charge in [-0.25, -0.2) is 0 Å². The Morgan fingerprint density at radius 2 is 1.87 bits per heavy atom. The molecule has 0 spiro atoms. The first kappa shape index (κ1) is 22.1. The van der Waals surface area contributed by atoms with Crippen molar-refractivity contribution < 1.29 is 14.0 Å². The Balaban J connectivity index is 1.42. The third-order valence-corrected chi connectivity index (χ3v) is 7.01. The van der Waals surface area contributed by atoms with E-state index in [1.165, 1.54) is 12.8 Å². The minimum absolute atomic E-state index is 0.0552. The van der Waals surface area contributed by atoms with E-state index in [2.05, 4.69) is 20.8 Å². The molecule has 166 valence electrons. The van der Waals surface area contributed by atoms with Crippen molar-refractivity contribution >= 4 is 27.7 Å². The van der Waals surface area contributed by atoms with Gasteiger partial charge in [-0.05, 0) is 49.1 Å². The molecule has 0 radical (unpaired) electrons. The Morgan fingerprint density at radius 1 is 1.13 bits per heavy atom. The molecule has 1 aliphatic carbocycles. The number of likely N-dealkylation sites (N-methyl/N-ethyl adjacent to an activating group) is 1. The fourth-order valence-corrected chi connectivity index (χ4v) is 5.28. The topological polar surface area (TPSA) is 57.0 Å². The minimum atomic E-state index is -0.120. The van der Waals surface area contributed by atoms with Crippen LogP contribution in [0, 0.1) is 5.92 Å². The van der Waals surface area contributed by atoms with Gasteiger partial charge in [-0.3, -0.25) is 14.5 Å². The highest BCUT2D eigenvalue weighted by Crippen LogP contribution is 2.32. The highest BCUT2D eigenvalue weighted by atomic mass is 79.9. The molecule has 1 aliphatic heterocycles. The molecule has 0 N–H and O–H groups in total. The number of rotatable bonds is 6. The van der Waals surface area contributed by atoms with E-state index in [-0.39, 0.29) is 17.9 Å². The Kier molecular flexibility index (Phi) is 7.13. The van der Waals surface area contributed by atoms with Gasteiger partial charge in [0, 0.05) is 43.3 Å². The number of hydrogen-bond donors (Lipinski definition) is 0. The number of benzene rings is 1. The van der Waals surface area contributed by atoms with Crippen LogP contribution in [0.1, 0.15) is 41.8 Å². The maximum atomic E-state index is 13.5. The largest absolute Gasteiger partial charge is 0.467 e. The smallest absolute Gasteiger partial charge is 0.253 e. The fourth-order valence-electron chi connectivity index (χ4n) is 4.88. The minimum Gasteiger partial charge on any atom is -0.467 e. The number of furan rings is 1. The molecule has 1 aromatic heterocycles. The SMILES string of the molecule is CN(Cc1ccco1)C(=O)[C@H](C1CCCC1)N1CCN(C(=O)c2cccc(Br)c2)CC1. The van der Waals surface area contributed by atoms with Crippen LogP contribution in [0.15, 0.2) is 51.6 Å². The highest BCUT2D eigenvalue weighted by molar-refractivity contribution is 9.10. The molecule has 0 unspecified atom stereocenters. The summed E-state index contributed by atoms with van der Waals surface area (Å²) in [6.07, 6.45) is 6.23. The molecule has 2 heterocycles. The molecular weight excluding hydrogens is 458 g/mol. The molecule has 31 heavy (non-hydrogen) atoms. The lowest BCUT2D eigenvalue weighted by Gasteiger charge is -2.42. The number of carbonyl (C=O) groups excluding carboxylic acids is 2.